The van der Waals surface area contributed by atoms with Gasteiger partial charge in [0.25, 0.3) is 0 Å². The first-order chi connectivity index (χ1) is 7.02. The van der Waals surface area contributed by atoms with E-state index in [0.717, 1.165) is 0 Å². The number of nitriles is 1. The van der Waals surface area contributed by atoms with Crippen molar-refractivity contribution < 1.29 is 9.90 Å². The largest absolute Gasteiger partial charge is 0.480 e. The summed E-state index contributed by atoms with van der Waals surface area (Å²) in [5.41, 5.74) is 0.864. The van der Waals surface area contributed by atoms with Crippen molar-refractivity contribution in [3.05, 3.63) is 17.5 Å². The number of rotatable bonds is 3. The van der Waals surface area contributed by atoms with Crippen LogP contribution >= 0.6 is 0 Å². The molecule has 0 bridgehead atoms. The van der Waals surface area contributed by atoms with E-state index in [-0.39, 0.29) is 18.2 Å². The summed E-state index contributed by atoms with van der Waals surface area (Å²) in [6, 6.07) is 3.43. The van der Waals surface area contributed by atoms with Crippen LogP contribution in [0.25, 0.3) is 0 Å². The van der Waals surface area contributed by atoms with E-state index < -0.39 is 5.97 Å². The van der Waals surface area contributed by atoms with E-state index in [0.29, 0.717) is 5.69 Å². The average Bonchev–Trinajstić information content (AvgIpc) is 2.15. The second-order valence-corrected chi connectivity index (χ2v) is 3.06. The molecule has 6 heteroatoms. The van der Waals surface area contributed by atoms with Gasteiger partial charge in [0, 0.05) is 12.7 Å². The molecule has 0 aliphatic rings. The zero-order valence-corrected chi connectivity index (χ0v) is 8.43. The third-order valence-electron chi connectivity index (χ3n) is 1.67. The van der Waals surface area contributed by atoms with Gasteiger partial charge < -0.3 is 10.0 Å². The van der Waals surface area contributed by atoms with Gasteiger partial charge in [-0.2, -0.15) is 5.26 Å². The van der Waals surface area contributed by atoms with E-state index in [4.69, 9.17) is 10.4 Å². The predicted octanol–water partition coefficient (Wildman–Crippen LogP) is 0.177. The maximum atomic E-state index is 10.5. The van der Waals surface area contributed by atoms with E-state index in [9.17, 15) is 4.79 Å². The normalized spacial score (nSPS) is 9.40. The third-order valence-corrected chi connectivity index (χ3v) is 1.67. The maximum absolute atomic E-state index is 10.5. The molecule has 78 valence electrons. The fourth-order valence-electron chi connectivity index (χ4n) is 1.05. The van der Waals surface area contributed by atoms with Crippen molar-refractivity contribution in [3.8, 4) is 6.07 Å². The zero-order valence-electron chi connectivity index (χ0n) is 8.43. The highest BCUT2D eigenvalue weighted by atomic mass is 16.4. The lowest BCUT2D eigenvalue weighted by Gasteiger charge is -2.14. The topological polar surface area (TPSA) is 90.1 Å². The van der Waals surface area contributed by atoms with Crippen molar-refractivity contribution in [3.63, 3.8) is 0 Å². The number of hydrogen-bond donors (Lipinski definition) is 1. The number of anilines is 1. The van der Waals surface area contributed by atoms with Crippen LogP contribution < -0.4 is 4.90 Å². The van der Waals surface area contributed by atoms with Crippen LogP contribution in [0.3, 0.4) is 0 Å². The highest BCUT2D eigenvalue weighted by Gasteiger charge is 2.09. The van der Waals surface area contributed by atoms with Crippen LogP contribution in [0.5, 0.6) is 0 Å². The number of aliphatic carboxylic acids is 1. The number of likely N-dealkylation sites (N-methyl/N-ethyl adjacent to an activating group) is 1. The highest BCUT2D eigenvalue weighted by molar-refractivity contribution is 5.72. The monoisotopic (exact) mass is 206 g/mol. The first-order valence-corrected chi connectivity index (χ1v) is 4.21. The van der Waals surface area contributed by atoms with Gasteiger partial charge in [-0.15, -0.1) is 0 Å². The Morgan fingerprint density at radius 1 is 1.67 bits per heavy atom. The van der Waals surface area contributed by atoms with E-state index in [2.05, 4.69) is 9.97 Å². The van der Waals surface area contributed by atoms with Gasteiger partial charge >= 0.3 is 5.97 Å². The molecule has 0 fully saturated rings. The van der Waals surface area contributed by atoms with E-state index >= 15 is 0 Å². The summed E-state index contributed by atoms with van der Waals surface area (Å²) in [6.45, 7) is 1.52. The summed E-state index contributed by atoms with van der Waals surface area (Å²) in [7, 11) is 1.56. The molecule has 0 spiro atoms. The maximum Gasteiger partial charge on any atom is 0.323 e. The van der Waals surface area contributed by atoms with Crippen molar-refractivity contribution in [2.75, 3.05) is 18.5 Å². The Bertz CT molecular complexity index is 425. The Kier molecular flexibility index (Phi) is 3.18. The van der Waals surface area contributed by atoms with Crippen molar-refractivity contribution >= 4 is 11.9 Å². The van der Waals surface area contributed by atoms with Crippen LogP contribution in [0.2, 0.25) is 0 Å². The molecule has 0 atom stereocenters. The fraction of sp³-hybridized carbons (Fsp3) is 0.333. The number of aryl methyl sites for hydroxylation is 1. The van der Waals surface area contributed by atoms with Gasteiger partial charge in [-0.1, -0.05) is 0 Å². The van der Waals surface area contributed by atoms with Crippen LogP contribution in [0.4, 0.5) is 5.95 Å². The van der Waals surface area contributed by atoms with Crippen molar-refractivity contribution in [1.29, 1.82) is 5.26 Å². The van der Waals surface area contributed by atoms with Gasteiger partial charge in [-0.25, -0.2) is 9.97 Å². The fourth-order valence-corrected chi connectivity index (χ4v) is 1.05. The third kappa shape index (κ3) is 2.91. The van der Waals surface area contributed by atoms with E-state index in [1.165, 1.54) is 11.0 Å². The molecule has 0 amide bonds. The number of nitrogens with zero attached hydrogens (tertiary/aromatic N) is 4. The molecule has 1 aromatic rings. The first kappa shape index (κ1) is 10.9. The van der Waals surface area contributed by atoms with Crippen molar-refractivity contribution in [2.24, 2.45) is 0 Å². The molecule has 0 saturated carbocycles. The number of carboxylic acids is 1. The van der Waals surface area contributed by atoms with Crippen LogP contribution in [-0.2, 0) is 4.79 Å². The summed E-state index contributed by atoms with van der Waals surface area (Å²) >= 11 is 0. The minimum Gasteiger partial charge on any atom is -0.480 e. The highest BCUT2D eigenvalue weighted by Crippen LogP contribution is 2.07. The molecule has 0 unspecified atom stereocenters. The molecule has 0 saturated heterocycles. The lowest BCUT2D eigenvalue weighted by atomic mass is 10.3. The molecular weight excluding hydrogens is 196 g/mol. The van der Waals surface area contributed by atoms with Crippen LogP contribution in [0.1, 0.15) is 11.4 Å². The number of hydrogen-bond acceptors (Lipinski definition) is 5. The minimum atomic E-state index is -0.971. The summed E-state index contributed by atoms with van der Waals surface area (Å²) in [5, 5.41) is 17.3. The molecule has 0 aliphatic carbocycles. The number of aromatic nitrogens is 2. The molecule has 0 radical (unpaired) electrons. The van der Waals surface area contributed by atoms with Gasteiger partial charge in [-0.3, -0.25) is 4.79 Å². The first-order valence-electron chi connectivity index (χ1n) is 4.21. The minimum absolute atomic E-state index is 0.200. The molecule has 1 N–H and O–H groups in total. The number of carbonyl (C=O) groups is 1. The van der Waals surface area contributed by atoms with Gasteiger partial charge in [0.15, 0.2) is 0 Å². The molecule has 6 nitrogen and oxygen atoms in total. The van der Waals surface area contributed by atoms with Gasteiger partial charge in [0.05, 0.1) is 0 Å². The summed E-state index contributed by atoms with van der Waals surface area (Å²) in [5.74, 6) is -0.727. The Morgan fingerprint density at radius 2 is 2.33 bits per heavy atom. The second kappa shape index (κ2) is 4.37. The smallest absolute Gasteiger partial charge is 0.323 e. The Balaban J connectivity index is 2.99. The van der Waals surface area contributed by atoms with E-state index in [1.807, 2.05) is 6.07 Å². The molecule has 15 heavy (non-hydrogen) atoms. The molecule has 1 heterocycles. The number of carboxylic acid groups (broad SMARTS) is 1. The van der Waals surface area contributed by atoms with Crippen molar-refractivity contribution in [1.82, 2.24) is 9.97 Å². The summed E-state index contributed by atoms with van der Waals surface area (Å²) in [6.07, 6.45) is 0. The van der Waals surface area contributed by atoms with Gasteiger partial charge in [-0.05, 0) is 13.0 Å². The molecule has 0 aromatic carbocycles. The quantitative estimate of drug-likeness (QED) is 0.758. The zero-order chi connectivity index (χ0) is 11.4. The lowest BCUT2D eigenvalue weighted by molar-refractivity contribution is -0.135. The Hall–Kier alpha value is -2.16. The Morgan fingerprint density at radius 3 is 2.87 bits per heavy atom. The van der Waals surface area contributed by atoms with E-state index in [1.54, 1.807) is 14.0 Å². The molecule has 0 aliphatic heterocycles. The SMILES string of the molecule is Cc1cc(C#N)nc(N(C)CC(=O)O)n1. The molecular formula is C9H10N4O2. The molecule has 1 aromatic heterocycles. The van der Waals surface area contributed by atoms with Gasteiger partial charge in [0.1, 0.15) is 18.3 Å². The summed E-state index contributed by atoms with van der Waals surface area (Å²) < 4.78 is 0. The molecule has 1 rings (SSSR count). The Labute approximate surface area is 86.8 Å². The second-order valence-electron chi connectivity index (χ2n) is 3.06. The standard InChI is InChI=1S/C9H10N4O2/c1-6-3-7(4-10)12-9(11-6)13(2)5-8(14)15/h3H,5H2,1-2H3,(H,14,15). The van der Waals surface area contributed by atoms with Crippen molar-refractivity contribution in [2.45, 2.75) is 6.92 Å². The van der Waals surface area contributed by atoms with Gasteiger partial charge in [0.2, 0.25) is 5.95 Å². The van der Waals surface area contributed by atoms with Crippen LogP contribution in [0.15, 0.2) is 6.07 Å². The average molecular weight is 206 g/mol. The van der Waals surface area contributed by atoms with Crippen LogP contribution in [0, 0.1) is 18.3 Å². The van der Waals surface area contributed by atoms with Crippen LogP contribution in [-0.4, -0.2) is 34.6 Å². The summed E-state index contributed by atoms with van der Waals surface area (Å²) in [4.78, 5) is 19.8. The predicted molar refractivity (Wildman–Crippen MR) is 52.4 cm³/mol. The lowest BCUT2D eigenvalue weighted by Crippen LogP contribution is -2.27.